The van der Waals surface area contributed by atoms with Gasteiger partial charge in [0.1, 0.15) is 9.52 Å². The van der Waals surface area contributed by atoms with E-state index in [9.17, 15) is 0 Å². The maximum atomic E-state index is 5.42. The fourth-order valence-corrected chi connectivity index (χ4v) is 2.42. The van der Waals surface area contributed by atoms with Gasteiger partial charge in [-0.3, -0.25) is 0 Å². The molecule has 0 N–H and O–H groups in total. The molecule has 1 aromatic rings. The van der Waals surface area contributed by atoms with Crippen molar-refractivity contribution in [3.05, 3.63) is 43.0 Å². The number of rotatable bonds is 6. The van der Waals surface area contributed by atoms with Crippen molar-refractivity contribution in [3.8, 4) is 0 Å². The summed E-state index contributed by atoms with van der Waals surface area (Å²) in [6.07, 6.45) is 4.03. The van der Waals surface area contributed by atoms with Gasteiger partial charge in [0.05, 0.1) is 0 Å². The summed E-state index contributed by atoms with van der Waals surface area (Å²) in [7, 11) is 2.52. The van der Waals surface area contributed by atoms with Crippen LogP contribution in [0, 0.1) is 0 Å². The van der Waals surface area contributed by atoms with E-state index in [1.54, 1.807) is 7.11 Å². The SMILES string of the molecule is C=CCCC(OC)[Si]c1ccccc1. The molecule has 2 heteroatoms. The molecule has 1 atom stereocenters. The van der Waals surface area contributed by atoms with Crippen LogP contribution in [0.4, 0.5) is 0 Å². The van der Waals surface area contributed by atoms with E-state index in [2.05, 4.69) is 30.8 Å². The monoisotopic (exact) mass is 204 g/mol. The molecule has 0 saturated heterocycles. The fraction of sp³-hybridized carbons (Fsp3) is 0.333. The second kappa shape index (κ2) is 6.57. The van der Waals surface area contributed by atoms with E-state index in [-0.39, 0.29) is 0 Å². The summed E-state index contributed by atoms with van der Waals surface area (Å²) in [5.41, 5.74) is 0.343. The van der Waals surface area contributed by atoms with Gasteiger partial charge >= 0.3 is 0 Å². The lowest BCUT2D eigenvalue weighted by atomic mass is 10.3. The van der Waals surface area contributed by atoms with Gasteiger partial charge in [0.25, 0.3) is 0 Å². The van der Waals surface area contributed by atoms with Crippen LogP contribution in [0.25, 0.3) is 0 Å². The van der Waals surface area contributed by atoms with E-state index in [1.807, 2.05) is 12.1 Å². The smallest absolute Gasteiger partial charge is 0.119 e. The first-order chi connectivity index (χ1) is 6.86. The van der Waals surface area contributed by atoms with Crippen LogP contribution in [0.5, 0.6) is 0 Å². The molecule has 2 radical (unpaired) electrons. The Hall–Kier alpha value is -0.863. The Morgan fingerprint density at radius 3 is 2.71 bits per heavy atom. The molecule has 0 aliphatic rings. The van der Waals surface area contributed by atoms with Crippen molar-refractivity contribution in [3.63, 3.8) is 0 Å². The minimum absolute atomic E-state index is 0.343. The second-order valence-electron chi connectivity index (χ2n) is 3.10. The van der Waals surface area contributed by atoms with Crippen LogP contribution in [-0.4, -0.2) is 22.4 Å². The Labute approximate surface area is 88.6 Å². The largest absolute Gasteiger partial charge is 0.385 e. The minimum atomic E-state index is 0.343. The van der Waals surface area contributed by atoms with Crippen LogP contribution in [0.15, 0.2) is 43.0 Å². The van der Waals surface area contributed by atoms with Crippen molar-refractivity contribution in [2.24, 2.45) is 0 Å². The van der Waals surface area contributed by atoms with E-state index in [0.29, 0.717) is 5.73 Å². The van der Waals surface area contributed by atoms with Gasteiger partial charge in [-0.15, -0.1) is 6.58 Å². The van der Waals surface area contributed by atoms with Crippen LogP contribution >= 0.6 is 0 Å². The predicted octanol–water partition coefficient (Wildman–Crippen LogP) is 1.95. The topological polar surface area (TPSA) is 9.23 Å². The zero-order valence-electron chi connectivity index (χ0n) is 8.57. The van der Waals surface area contributed by atoms with E-state index in [1.165, 1.54) is 5.19 Å². The summed E-state index contributed by atoms with van der Waals surface area (Å²) >= 11 is 0. The van der Waals surface area contributed by atoms with Gasteiger partial charge < -0.3 is 4.74 Å². The average molecular weight is 204 g/mol. The fourth-order valence-electron chi connectivity index (χ4n) is 1.24. The van der Waals surface area contributed by atoms with Crippen molar-refractivity contribution in [2.75, 3.05) is 7.11 Å². The van der Waals surface area contributed by atoms with Crippen molar-refractivity contribution in [1.29, 1.82) is 0 Å². The minimum Gasteiger partial charge on any atom is -0.385 e. The first-order valence-corrected chi connectivity index (χ1v) is 5.90. The molecule has 0 aliphatic carbocycles. The Morgan fingerprint density at radius 1 is 1.43 bits per heavy atom. The maximum absolute atomic E-state index is 5.42. The molecule has 0 aromatic heterocycles. The average Bonchev–Trinajstić information content (AvgIpc) is 2.25. The van der Waals surface area contributed by atoms with Gasteiger partial charge in [0.2, 0.25) is 0 Å². The number of hydrogen-bond acceptors (Lipinski definition) is 1. The van der Waals surface area contributed by atoms with Crippen LogP contribution in [-0.2, 0) is 4.74 Å². The van der Waals surface area contributed by atoms with E-state index in [4.69, 9.17) is 4.74 Å². The van der Waals surface area contributed by atoms with Crippen molar-refractivity contribution >= 4 is 14.7 Å². The molecule has 1 nitrogen and oxygen atoms in total. The molecule has 74 valence electrons. The first kappa shape index (κ1) is 11.2. The molecular weight excluding hydrogens is 188 g/mol. The molecule has 0 fully saturated rings. The molecule has 0 heterocycles. The number of hydrogen-bond donors (Lipinski definition) is 0. The van der Waals surface area contributed by atoms with Crippen molar-refractivity contribution < 1.29 is 4.74 Å². The summed E-state index contributed by atoms with van der Waals surface area (Å²) in [5.74, 6) is 0. The Bertz CT molecular complexity index is 258. The molecule has 0 saturated carbocycles. The molecule has 14 heavy (non-hydrogen) atoms. The standard InChI is InChI=1S/C12H16OSi/c1-3-4-10-12(13-2)14-11-8-6-5-7-9-11/h3,5-9,12H,1,4,10H2,2H3. The zero-order chi connectivity index (χ0) is 10.2. The molecule has 0 spiro atoms. The lowest BCUT2D eigenvalue weighted by Gasteiger charge is -2.12. The van der Waals surface area contributed by atoms with Gasteiger partial charge in [0, 0.05) is 12.8 Å². The second-order valence-corrected chi connectivity index (χ2v) is 4.61. The highest BCUT2D eigenvalue weighted by Crippen LogP contribution is 2.00. The maximum Gasteiger partial charge on any atom is 0.119 e. The van der Waals surface area contributed by atoms with Gasteiger partial charge in [-0.1, -0.05) is 41.6 Å². The van der Waals surface area contributed by atoms with Crippen molar-refractivity contribution in [2.45, 2.75) is 18.6 Å². The summed E-state index contributed by atoms with van der Waals surface area (Å²) < 4.78 is 5.42. The Morgan fingerprint density at radius 2 is 2.14 bits per heavy atom. The van der Waals surface area contributed by atoms with Gasteiger partial charge in [-0.2, -0.15) is 0 Å². The third-order valence-corrected chi connectivity index (χ3v) is 3.53. The zero-order valence-corrected chi connectivity index (χ0v) is 9.57. The van der Waals surface area contributed by atoms with Gasteiger partial charge in [0.15, 0.2) is 0 Å². The lowest BCUT2D eigenvalue weighted by Crippen LogP contribution is -2.29. The summed E-state index contributed by atoms with van der Waals surface area (Å²) in [6.45, 7) is 3.72. The van der Waals surface area contributed by atoms with Crippen LogP contribution in [0.1, 0.15) is 12.8 Å². The third kappa shape index (κ3) is 3.90. The van der Waals surface area contributed by atoms with Crippen LogP contribution in [0.3, 0.4) is 0 Å². The van der Waals surface area contributed by atoms with E-state index >= 15 is 0 Å². The number of benzene rings is 1. The van der Waals surface area contributed by atoms with Crippen LogP contribution < -0.4 is 5.19 Å². The number of ether oxygens (including phenoxy) is 1. The molecule has 1 unspecified atom stereocenters. The summed E-state index contributed by atoms with van der Waals surface area (Å²) in [5, 5.41) is 1.36. The van der Waals surface area contributed by atoms with Gasteiger partial charge in [-0.05, 0) is 12.8 Å². The summed E-state index contributed by atoms with van der Waals surface area (Å²) in [6, 6.07) is 10.5. The molecule has 0 bridgehead atoms. The van der Waals surface area contributed by atoms with Gasteiger partial charge in [-0.25, -0.2) is 0 Å². The highest BCUT2D eigenvalue weighted by atomic mass is 28.2. The highest BCUT2D eigenvalue weighted by Gasteiger charge is 2.08. The third-order valence-electron chi connectivity index (χ3n) is 2.02. The Kier molecular flexibility index (Phi) is 5.26. The number of methoxy groups -OCH3 is 1. The van der Waals surface area contributed by atoms with E-state index in [0.717, 1.165) is 22.4 Å². The molecule has 0 amide bonds. The van der Waals surface area contributed by atoms with Crippen LogP contribution in [0.2, 0.25) is 0 Å². The molecule has 1 rings (SSSR count). The highest BCUT2D eigenvalue weighted by molar-refractivity contribution is 6.54. The molecule has 1 aromatic carbocycles. The quantitative estimate of drug-likeness (QED) is 0.508. The first-order valence-electron chi connectivity index (χ1n) is 4.82. The van der Waals surface area contributed by atoms with Crippen molar-refractivity contribution in [1.82, 2.24) is 0 Å². The predicted molar refractivity (Wildman–Crippen MR) is 62.1 cm³/mol. The normalized spacial score (nSPS) is 12.4. The Balaban J connectivity index is 2.44. The molecule has 0 aliphatic heterocycles. The lowest BCUT2D eigenvalue weighted by molar-refractivity contribution is 0.158. The molecular formula is C12H16OSi. The number of allylic oxidation sites excluding steroid dienone is 1. The van der Waals surface area contributed by atoms with E-state index < -0.39 is 0 Å². The summed E-state index contributed by atoms with van der Waals surface area (Å²) in [4.78, 5) is 0.